The van der Waals surface area contributed by atoms with Crippen molar-refractivity contribution in [2.45, 2.75) is 6.92 Å². The molecule has 5 N–H and O–H groups in total. The number of rotatable bonds is 3. The fourth-order valence-corrected chi connectivity index (χ4v) is 1.12. The number of hydrogen-bond acceptors (Lipinski definition) is 4. The lowest BCUT2D eigenvalue weighted by Gasteiger charge is -2.11. The highest BCUT2D eigenvalue weighted by molar-refractivity contribution is 5.69. The van der Waals surface area contributed by atoms with Crippen LogP contribution in [0.15, 0.2) is 12.1 Å². The zero-order chi connectivity index (χ0) is 9.84. The van der Waals surface area contributed by atoms with E-state index in [4.69, 9.17) is 10.8 Å². The van der Waals surface area contributed by atoms with Crippen molar-refractivity contribution < 1.29 is 10.2 Å². The van der Waals surface area contributed by atoms with Crippen molar-refractivity contribution in [2.24, 2.45) is 0 Å². The van der Waals surface area contributed by atoms with Crippen molar-refractivity contribution in [1.29, 1.82) is 0 Å². The summed E-state index contributed by atoms with van der Waals surface area (Å²) in [7, 11) is 0. The van der Waals surface area contributed by atoms with Crippen molar-refractivity contribution in [3.05, 3.63) is 17.7 Å². The first-order chi connectivity index (χ1) is 6.16. The quantitative estimate of drug-likeness (QED) is 0.315. The number of aromatic hydroxyl groups is 1. The highest BCUT2D eigenvalue weighted by Gasteiger charge is 2.05. The number of aliphatic hydroxyl groups is 1. The third kappa shape index (κ3) is 2.03. The number of anilines is 2. The Morgan fingerprint density at radius 1 is 1.46 bits per heavy atom. The Morgan fingerprint density at radius 2 is 2.15 bits per heavy atom. The first kappa shape index (κ1) is 9.67. The molecule has 0 saturated heterocycles. The average Bonchev–Trinajstić information content (AvgIpc) is 2.12. The van der Waals surface area contributed by atoms with E-state index < -0.39 is 0 Å². The normalized spacial score (nSPS) is 10.0. The monoisotopic (exact) mass is 182 g/mol. The summed E-state index contributed by atoms with van der Waals surface area (Å²) < 4.78 is 0. The molecule has 0 atom stereocenters. The van der Waals surface area contributed by atoms with Crippen LogP contribution in [-0.2, 0) is 0 Å². The molecule has 4 nitrogen and oxygen atoms in total. The zero-order valence-corrected chi connectivity index (χ0v) is 7.54. The number of nitrogen functional groups attached to an aromatic ring is 1. The molecule has 1 aromatic carbocycles. The van der Waals surface area contributed by atoms with E-state index in [0.29, 0.717) is 17.9 Å². The standard InChI is InChI=1S/C9H14N2O2/c1-6-7(10)2-3-8(13)9(6)11-4-5-12/h2-3,11-13H,4-5,10H2,1H3. The summed E-state index contributed by atoms with van der Waals surface area (Å²) >= 11 is 0. The molecule has 0 saturated carbocycles. The lowest BCUT2D eigenvalue weighted by atomic mass is 10.1. The zero-order valence-electron chi connectivity index (χ0n) is 7.54. The van der Waals surface area contributed by atoms with E-state index in [9.17, 15) is 5.11 Å². The van der Waals surface area contributed by atoms with Crippen LogP contribution in [0.4, 0.5) is 11.4 Å². The third-order valence-electron chi connectivity index (χ3n) is 1.90. The molecule has 4 heteroatoms. The molecule has 1 aromatic rings. The first-order valence-electron chi connectivity index (χ1n) is 4.09. The van der Waals surface area contributed by atoms with Crippen molar-refractivity contribution in [3.63, 3.8) is 0 Å². The predicted octanol–water partition coefficient (Wildman–Crippen LogP) is 0.687. The number of hydrogen-bond donors (Lipinski definition) is 4. The Morgan fingerprint density at radius 3 is 2.77 bits per heavy atom. The van der Waals surface area contributed by atoms with Gasteiger partial charge in [0.05, 0.1) is 12.3 Å². The van der Waals surface area contributed by atoms with Crippen LogP contribution in [0, 0.1) is 6.92 Å². The Balaban J connectivity index is 2.96. The molecule has 1 rings (SSSR count). The molecular weight excluding hydrogens is 168 g/mol. The summed E-state index contributed by atoms with van der Waals surface area (Å²) in [5.74, 6) is 0.153. The fourth-order valence-electron chi connectivity index (χ4n) is 1.12. The number of phenolic OH excluding ortho intramolecular Hbond substituents is 1. The molecule has 0 radical (unpaired) electrons. The van der Waals surface area contributed by atoms with Gasteiger partial charge in [-0.1, -0.05) is 0 Å². The maximum absolute atomic E-state index is 9.44. The van der Waals surface area contributed by atoms with Gasteiger partial charge < -0.3 is 21.3 Å². The molecule has 0 spiro atoms. The van der Waals surface area contributed by atoms with Crippen LogP contribution in [0.5, 0.6) is 5.75 Å². The second kappa shape index (κ2) is 4.00. The molecule has 0 unspecified atom stereocenters. The molecule has 72 valence electrons. The second-order valence-electron chi connectivity index (χ2n) is 2.82. The molecule has 0 bridgehead atoms. The Kier molecular flexibility index (Phi) is 2.97. The number of nitrogens with one attached hydrogen (secondary N) is 1. The second-order valence-corrected chi connectivity index (χ2v) is 2.82. The van der Waals surface area contributed by atoms with Crippen LogP contribution in [0.2, 0.25) is 0 Å². The highest BCUT2D eigenvalue weighted by atomic mass is 16.3. The van der Waals surface area contributed by atoms with Crippen LogP contribution < -0.4 is 11.1 Å². The van der Waals surface area contributed by atoms with E-state index >= 15 is 0 Å². The van der Waals surface area contributed by atoms with Crippen molar-refractivity contribution in [3.8, 4) is 5.75 Å². The fraction of sp³-hybridized carbons (Fsp3) is 0.333. The maximum atomic E-state index is 9.44. The molecule has 0 fully saturated rings. The number of phenols is 1. The van der Waals surface area contributed by atoms with E-state index in [-0.39, 0.29) is 12.4 Å². The number of benzene rings is 1. The van der Waals surface area contributed by atoms with Gasteiger partial charge in [-0.05, 0) is 24.6 Å². The van der Waals surface area contributed by atoms with Crippen LogP contribution in [0.1, 0.15) is 5.56 Å². The molecule has 0 amide bonds. The average molecular weight is 182 g/mol. The minimum Gasteiger partial charge on any atom is -0.506 e. The lowest BCUT2D eigenvalue weighted by molar-refractivity contribution is 0.311. The molecule has 0 aliphatic rings. The Bertz CT molecular complexity index is 300. The molecule has 0 aliphatic carbocycles. The van der Waals surface area contributed by atoms with Gasteiger partial charge in [-0.3, -0.25) is 0 Å². The van der Waals surface area contributed by atoms with Crippen molar-refractivity contribution >= 4 is 11.4 Å². The summed E-state index contributed by atoms with van der Waals surface area (Å²) in [6.07, 6.45) is 0. The molecule has 0 aliphatic heterocycles. The molecular formula is C9H14N2O2. The molecule has 0 aromatic heterocycles. The minimum atomic E-state index is 0.0215. The van der Waals surface area contributed by atoms with Gasteiger partial charge >= 0.3 is 0 Å². The van der Waals surface area contributed by atoms with E-state index in [1.54, 1.807) is 6.07 Å². The summed E-state index contributed by atoms with van der Waals surface area (Å²) in [4.78, 5) is 0. The lowest BCUT2D eigenvalue weighted by Crippen LogP contribution is -2.07. The van der Waals surface area contributed by atoms with Crippen LogP contribution in [0.25, 0.3) is 0 Å². The minimum absolute atomic E-state index is 0.0215. The van der Waals surface area contributed by atoms with Gasteiger partial charge in [-0.2, -0.15) is 0 Å². The summed E-state index contributed by atoms with van der Waals surface area (Å²) in [6.45, 7) is 2.24. The van der Waals surface area contributed by atoms with Crippen LogP contribution in [0.3, 0.4) is 0 Å². The van der Waals surface area contributed by atoms with E-state index in [1.165, 1.54) is 6.07 Å². The summed E-state index contributed by atoms with van der Waals surface area (Å²) in [5, 5.41) is 20.9. The van der Waals surface area contributed by atoms with Gasteiger partial charge in [0, 0.05) is 12.2 Å². The first-order valence-corrected chi connectivity index (χ1v) is 4.09. The number of aliphatic hydroxyl groups excluding tert-OH is 1. The van der Waals surface area contributed by atoms with E-state index in [2.05, 4.69) is 5.32 Å². The van der Waals surface area contributed by atoms with Gasteiger partial charge in [-0.25, -0.2) is 0 Å². The largest absolute Gasteiger partial charge is 0.506 e. The van der Waals surface area contributed by atoms with Gasteiger partial charge in [0.15, 0.2) is 0 Å². The maximum Gasteiger partial charge on any atom is 0.139 e. The van der Waals surface area contributed by atoms with Gasteiger partial charge in [-0.15, -0.1) is 0 Å². The molecule has 13 heavy (non-hydrogen) atoms. The van der Waals surface area contributed by atoms with Gasteiger partial charge in [0.1, 0.15) is 5.75 Å². The predicted molar refractivity (Wildman–Crippen MR) is 52.8 cm³/mol. The Labute approximate surface area is 77.0 Å². The van der Waals surface area contributed by atoms with Crippen LogP contribution in [-0.4, -0.2) is 23.4 Å². The summed E-state index contributed by atoms with van der Waals surface area (Å²) in [6, 6.07) is 3.18. The van der Waals surface area contributed by atoms with Crippen molar-refractivity contribution in [2.75, 3.05) is 24.2 Å². The SMILES string of the molecule is Cc1c(N)ccc(O)c1NCCO. The Hall–Kier alpha value is -1.42. The van der Waals surface area contributed by atoms with Crippen LogP contribution >= 0.6 is 0 Å². The van der Waals surface area contributed by atoms with Gasteiger partial charge in [0.25, 0.3) is 0 Å². The van der Waals surface area contributed by atoms with E-state index in [1.807, 2.05) is 6.92 Å². The van der Waals surface area contributed by atoms with E-state index in [0.717, 1.165) is 5.56 Å². The smallest absolute Gasteiger partial charge is 0.139 e. The van der Waals surface area contributed by atoms with Gasteiger partial charge in [0.2, 0.25) is 0 Å². The summed E-state index contributed by atoms with van der Waals surface area (Å²) in [5.41, 5.74) is 7.66. The molecule has 0 heterocycles. The van der Waals surface area contributed by atoms with Crippen molar-refractivity contribution in [1.82, 2.24) is 0 Å². The topological polar surface area (TPSA) is 78.5 Å². The highest BCUT2D eigenvalue weighted by Crippen LogP contribution is 2.30. The third-order valence-corrected chi connectivity index (χ3v) is 1.90. The number of nitrogens with two attached hydrogens (primary N) is 1.